The van der Waals surface area contributed by atoms with Gasteiger partial charge in [0, 0.05) is 30.1 Å². The molecule has 13 heteroatoms. The maximum absolute atomic E-state index is 15.1. The van der Waals surface area contributed by atoms with E-state index in [2.05, 4.69) is 20.6 Å². The van der Waals surface area contributed by atoms with Crippen LogP contribution in [0.3, 0.4) is 0 Å². The molecule has 0 fully saturated rings. The van der Waals surface area contributed by atoms with Crippen LogP contribution in [0.2, 0.25) is 0 Å². The number of sulfonamides is 1. The van der Waals surface area contributed by atoms with Gasteiger partial charge >= 0.3 is 6.09 Å². The second-order valence-electron chi connectivity index (χ2n) is 10.7. The second kappa shape index (κ2) is 10.9. The summed E-state index contributed by atoms with van der Waals surface area (Å²) < 4.78 is 60.6. The largest absolute Gasteiger partial charge is 0.444 e. The number of halogens is 2. The molecule has 2 aromatic carbocycles. The molecule has 1 aliphatic heterocycles. The zero-order valence-electron chi connectivity index (χ0n) is 23.0. The minimum atomic E-state index is -4.04. The first kappa shape index (κ1) is 29.6. The molecule has 1 aromatic heterocycles. The van der Waals surface area contributed by atoms with E-state index in [1.165, 1.54) is 50.5 Å². The van der Waals surface area contributed by atoms with Crippen molar-refractivity contribution in [2.24, 2.45) is 4.99 Å². The molecule has 0 aliphatic carbocycles. The lowest BCUT2D eigenvalue weighted by atomic mass is 9.93. The van der Waals surface area contributed by atoms with Crippen molar-refractivity contribution in [3.63, 3.8) is 0 Å². The summed E-state index contributed by atoms with van der Waals surface area (Å²) in [5.41, 5.74) is -1.23. The fourth-order valence-electron chi connectivity index (χ4n) is 4.14. The van der Waals surface area contributed by atoms with Crippen LogP contribution in [0.1, 0.15) is 43.7 Å². The number of aliphatic imine (C=N–C) groups is 1. The van der Waals surface area contributed by atoms with Crippen molar-refractivity contribution in [2.45, 2.75) is 38.8 Å². The minimum absolute atomic E-state index is 0.0472. The van der Waals surface area contributed by atoms with E-state index in [4.69, 9.17) is 4.74 Å². The van der Waals surface area contributed by atoms with Gasteiger partial charge in [-0.25, -0.2) is 31.3 Å². The smallest absolute Gasteiger partial charge is 0.414 e. The highest BCUT2D eigenvalue weighted by molar-refractivity contribution is 7.89. The third-order valence-corrected chi connectivity index (χ3v) is 8.04. The zero-order chi connectivity index (χ0) is 30.2. The van der Waals surface area contributed by atoms with E-state index < -0.39 is 50.6 Å². The highest BCUT2D eigenvalue weighted by Gasteiger charge is 2.43. The third-order valence-electron chi connectivity index (χ3n) is 6.10. The average molecular weight is 586 g/mol. The quantitative estimate of drug-likeness (QED) is 0.459. The van der Waals surface area contributed by atoms with E-state index in [1.54, 1.807) is 39.0 Å². The molecule has 0 saturated heterocycles. The number of anilines is 1. The van der Waals surface area contributed by atoms with Gasteiger partial charge in [0.25, 0.3) is 5.91 Å². The molecule has 0 saturated carbocycles. The van der Waals surface area contributed by atoms with Crippen molar-refractivity contribution in [1.29, 1.82) is 0 Å². The monoisotopic (exact) mass is 585 g/mol. The number of guanidine groups is 1. The van der Waals surface area contributed by atoms with Crippen LogP contribution in [0.4, 0.5) is 19.3 Å². The molecular weight excluding hydrogens is 556 g/mol. The number of carbonyl (C=O) groups excluding carboxylic acids is 2. The normalized spacial score (nSPS) is 18.3. The van der Waals surface area contributed by atoms with Crippen LogP contribution in [-0.4, -0.2) is 54.1 Å². The van der Waals surface area contributed by atoms with Gasteiger partial charge in [0.15, 0.2) is 0 Å². The van der Waals surface area contributed by atoms with E-state index in [0.717, 1.165) is 10.4 Å². The SMILES string of the molecule is CN1C(NC(=O)OC(C)(C)C)=N[C@](C)(c2cc(NC(=O)c3ccc(-c4cccc(F)c4)cn3)ccc2F)CS1(=O)=O. The molecule has 3 aromatic rings. The summed E-state index contributed by atoms with van der Waals surface area (Å²) in [6.45, 7) is 6.33. The first-order valence-corrected chi connectivity index (χ1v) is 14.1. The number of pyridine rings is 1. The highest BCUT2D eigenvalue weighted by Crippen LogP contribution is 2.35. The van der Waals surface area contributed by atoms with Crippen molar-refractivity contribution < 1.29 is 31.5 Å². The Morgan fingerprint density at radius 1 is 1.02 bits per heavy atom. The van der Waals surface area contributed by atoms with E-state index >= 15 is 4.39 Å². The number of ether oxygens (including phenoxy) is 1. The molecular formula is C28H29F2N5O5S. The van der Waals surface area contributed by atoms with E-state index in [0.29, 0.717) is 11.1 Å². The van der Waals surface area contributed by atoms with Crippen LogP contribution in [-0.2, 0) is 20.3 Å². The van der Waals surface area contributed by atoms with Gasteiger partial charge in [-0.3, -0.25) is 15.1 Å². The molecule has 2 N–H and O–H groups in total. The Hall–Kier alpha value is -4.39. The lowest BCUT2D eigenvalue weighted by Crippen LogP contribution is -2.54. The van der Waals surface area contributed by atoms with Crippen molar-refractivity contribution in [3.8, 4) is 11.1 Å². The fourth-order valence-corrected chi connectivity index (χ4v) is 5.61. The van der Waals surface area contributed by atoms with Gasteiger partial charge in [-0.2, -0.15) is 0 Å². The van der Waals surface area contributed by atoms with Crippen LogP contribution in [0.15, 0.2) is 65.8 Å². The van der Waals surface area contributed by atoms with Crippen LogP contribution in [0.25, 0.3) is 11.1 Å². The van der Waals surface area contributed by atoms with Gasteiger partial charge in [0.05, 0.1) is 5.75 Å². The Morgan fingerprint density at radius 2 is 1.76 bits per heavy atom. The van der Waals surface area contributed by atoms with Crippen molar-refractivity contribution in [2.75, 3.05) is 18.1 Å². The molecule has 1 aliphatic rings. The summed E-state index contributed by atoms with van der Waals surface area (Å²) in [5, 5.41) is 4.95. The first-order chi connectivity index (χ1) is 19.1. The maximum Gasteiger partial charge on any atom is 0.414 e. The molecule has 0 unspecified atom stereocenters. The summed E-state index contributed by atoms with van der Waals surface area (Å²) in [5.74, 6) is -2.72. The number of aromatic nitrogens is 1. The summed E-state index contributed by atoms with van der Waals surface area (Å²) in [7, 11) is -2.82. The molecule has 216 valence electrons. The second-order valence-corrected chi connectivity index (χ2v) is 12.7. The molecule has 0 bridgehead atoms. The maximum atomic E-state index is 15.1. The van der Waals surface area contributed by atoms with E-state index in [9.17, 15) is 22.4 Å². The Bertz CT molecular complexity index is 1640. The first-order valence-electron chi connectivity index (χ1n) is 12.5. The van der Waals surface area contributed by atoms with Gasteiger partial charge in [0.2, 0.25) is 16.0 Å². The summed E-state index contributed by atoms with van der Waals surface area (Å²) in [6.07, 6.45) is 0.498. The molecule has 41 heavy (non-hydrogen) atoms. The molecule has 0 radical (unpaired) electrons. The van der Waals surface area contributed by atoms with Gasteiger partial charge in [-0.05, 0) is 69.7 Å². The van der Waals surface area contributed by atoms with Gasteiger partial charge in [-0.15, -0.1) is 0 Å². The van der Waals surface area contributed by atoms with Crippen LogP contribution in [0.5, 0.6) is 0 Å². The number of hydrogen-bond acceptors (Lipinski definition) is 7. The summed E-state index contributed by atoms with van der Waals surface area (Å²) >= 11 is 0. The van der Waals surface area contributed by atoms with Crippen molar-refractivity contribution in [1.82, 2.24) is 14.6 Å². The van der Waals surface area contributed by atoms with Crippen LogP contribution >= 0.6 is 0 Å². The van der Waals surface area contributed by atoms with Gasteiger partial charge in [0.1, 0.15) is 28.5 Å². The number of nitrogens with zero attached hydrogens (tertiary/aromatic N) is 3. The van der Waals surface area contributed by atoms with Gasteiger partial charge in [-0.1, -0.05) is 18.2 Å². The van der Waals surface area contributed by atoms with Crippen LogP contribution in [0, 0.1) is 11.6 Å². The number of alkyl carbamates (subject to hydrolysis) is 1. The lowest BCUT2D eigenvalue weighted by molar-refractivity contribution is 0.0558. The van der Waals surface area contributed by atoms with Gasteiger partial charge < -0.3 is 10.1 Å². The fraction of sp³-hybridized carbons (Fsp3) is 0.286. The Labute approximate surface area is 236 Å². The standard InChI is InChI=1S/C28H29F2N5O5S/c1-27(2,3)40-26(37)33-25-34-28(4,16-41(38,39)35(25)5)21-14-20(10-11-22(21)30)32-24(36)23-12-9-18(15-31-23)17-7-6-8-19(29)13-17/h6-15H,16H2,1-5H3,(H,32,36)(H,33,34,37)/t28-/m0/s1. The summed E-state index contributed by atoms with van der Waals surface area (Å²) in [6, 6.07) is 12.7. The van der Waals surface area contributed by atoms with Crippen molar-refractivity contribution in [3.05, 3.63) is 83.7 Å². The molecule has 10 nitrogen and oxygen atoms in total. The molecule has 2 amide bonds. The number of hydrogen-bond donors (Lipinski definition) is 2. The average Bonchev–Trinajstić information content (AvgIpc) is 2.87. The zero-order valence-corrected chi connectivity index (χ0v) is 23.8. The number of carbonyl (C=O) groups is 2. The molecule has 4 rings (SSSR count). The van der Waals surface area contributed by atoms with Crippen molar-refractivity contribution >= 4 is 33.7 Å². The third kappa shape index (κ3) is 6.85. The van der Waals surface area contributed by atoms with Crippen LogP contribution < -0.4 is 10.6 Å². The Balaban J connectivity index is 1.60. The van der Waals surface area contributed by atoms with E-state index in [-0.39, 0.29) is 22.9 Å². The Morgan fingerprint density at radius 3 is 2.39 bits per heavy atom. The molecule has 1 atom stereocenters. The molecule has 0 spiro atoms. The number of benzene rings is 2. The lowest BCUT2D eigenvalue weighted by Gasteiger charge is -2.36. The predicted molar refractivity (Wildman–Crippen MR) is 150 cm³/mol. The molecule has 2 heterocycles. The Kier molecular flexibility index (Phi) is 7.85. The minimum Gasteiger partial charge on any atom is -0.444 e. The number of nitrogens with one attached hydrogen (secondary N) is 2. The van der Waals surface area contributed by atoms with E-state index in [1.807, 2.05) is 0 Å². The summed E-state index contributed by atoms with van der Waals surface area (Å²) in [4.78, 5) is 33.7. The predicted octanol–water partition coefficient (Wildman–Crippen LogP) is 4.65. The topological polar surface area (TPSA) is 130 Å². The number of amides is 2. The highest BCUT2D eigenvalue weighted by atomic mass is 32.2. The number of rotatable bonds is 4.